The van der Waals surface area contributed by atoms with Crippen molar-refractivity contribution in [1.82, 2.24) is 0 Å². The van der Waals surface area contributed by atoms with Crippen molar-refractivity contribution in [2.75, 3.05) is 13.8 Å². The van der Waals surface area contributed by atoms with Crippen LogP contribution in [-0.2, 0) is 14.3 Å². The Kier molecular flexibility index (Phi) is 4.16. The normalized spacial score (nSPS) is 14.1. The molecule has 0 saturated heterocycles. The first kappa shape index (κ1) is 11.4. The second kappa shape index (κ2) is 4.39. The monoisotopic (exact) mass is 177 g/mol. The fraction of sp³-hybridized carbons (Fsp3) is 0.857. The van der Waals surface area contributed by atoms with E-state index in [9.17, 15) is 9.90 Å². The summed E-state index contributed by atoms with van der Waals surface area (Å²) in [4.78, 5) is 11.0. The fourth-order valence-electron chi connectivity index (χ4n) is 0.764. The van der Waals surface area contributed by atoms with Crippen molar-refractivity contribution in [2.24, 2.45) is 5.73 Å². The standard InChI is InChI=1S/C7H15NO4/c1-7(2,10)5(12-4-8)6(9)11-3/h5,10H,4,8H2,1-3H3/t5-/m1/s1. The van der Waals surface area contributed by atoms with Gasteiger partial charge < -0.3 is 20.3 Å². The van der Waals surface area contributed by atoms with Crippen LogP contribution in [0.25, 0.3) is 0 Å². The molecular weight excluding hydrogens is 162 g/mol. The van der Waals surface area contributed by atoms with Crippen molar-refractivity contribution >= 4 is 5.97 Å². The lowest BCUT2D eigenvalue weighted by Crippen LogP contribution is -2.45. The SMILES string of the molecule is COC(=O)[C@@H](OCN)C(C)(C)O. The van der Waals surface area contributed by atoms with E-state index in [-0.39, 0.29) is 6.73 Å². The highest BCUT2D eigenvalue weighted by Crippen LogP contribution is 2.13. The zero-order valence-corrected chi connectivity index (χ0v) is 7.53. The van der Waals surface area contributed by atoms with Gasteiger partial charge in [0.05, 0.1) is 19.4 Å². The molecule has 0 fully saturated rings. The first-order valence-corrected chi connectivity index (χ1v) is 3.55. The van der Waals surface area contributed by atoms with E-state index in [0.717, 1.165) is 0 Å². The smallest absolute Gasteiger partial charge is 0.338 e. The molecule has 1 atom stereocenters. The van der Waals surface area contributed by atoms with Crippen LogP contribution >= 0.6 is 0 Å². The number of nitrogens with two attached hydrogens (primary N) is 1. The highest BCUT2D eigenvalue weighted by atomic mass is 16.6. The zero-order chi connectivity index (χ0) is 9.78. The predicted molar refractivity (Wildman–Crippen MR) is 42.2 cm³/mol. The largest absolute Gasteiger partial charge is 0.467 e. The maximum Gasteiger partial charge on any atom is 0.338 e. The maximum atomic E-state index is 11.0. The van der Waals surface area contributed by atoms with E-state index < -0.39 is 17.7 Å². The molecule has 0 aliphatic carbocycles. The Morgan fingerprint density at radius 2 is 2.17 bits per heavy atom. The van der Waals surface area contributed by atoms with E-state index in [1.807, 2.05) is 0 Å². The van der Waals surface area contributed by atoms with Crippen LogP contribution < -0.4 is 5.73 Å². The first-order valence-electron chi connectivity index (χ1n) is 3.55. The van der Waals surface area contributed by atoms with E-state index in [0.29, 0.717) is 0 Å². The van der Waals surface area contributed by atoms with Gasteiger partial charge in [0.2, 0.25) is 0 Å². The van der Waals surface area contributed by atoms with Gasteiger partial charge in [-0.2, -0.15) is 0 Å². The Hall–Kier alpha value is -0.650. The third-order valence-electron chi connectivity index (χ3n) is 1.32. The average Bonchev–Trinajstić information content (AvgIpc) is 1.96. The van der Waals surface area contributed by atoms with Crippen LogP contribution in [-0.4, -0.2) is 36.6 Å². The summed E-state index contributed by atoms with van der Waals surface area (Å²) in [6.07, 6.45) is -1.03. The summed E-state index contributed by atoms with van der Waals surface area (Å²) < 4.78 is 9.22. The molecule has 5 nitrogen and oxygen atoms in total. The van der Waals surface area contributed by atoms with Crippen LogP contribution in [0.1, 0.15) is 13.8 Å². The number of ether oxygens (including phenoxy) is 2. The number of hydrogen-bond acceptors (Lipinski definition) is 5. The highest BCUT2D eigenvalue weighted by molar-refractivity contribution is 5.75. The third kappa shape index (κ3) is 3.17. The molecule has 0 amide bonds. The lowest BCUT2D eigenvalue weighted by Gasteiger charge is -2.26. The van der Waals surface area contributed by atoms with E-state index in [4.69, 9.17) is 10.5 Å². The second-order valence-electron chi connectivity index (χ2n) is 2.89. The van der Waals surface area contributed by atoms with Gasteiger partial charge in [0.1, 0.15) is 0 Å². The number of hydrogen-bond donors (Lipinski definition) is 2. The van der Waals surface area contributed by atoms with Crippen molar-refractivity contribution in [3.63, 3.8) is 0 Å². The number of carbonyl (C=O) groups is 1. The molecule has 72 valence electrons. The summed E-state index contributed by atoms with van der Waals surface area (Å²) in [6.45, 7) is 2.76. The molecule has 0 aromatic carbocycles. The molecule has 0 saturated carbocycles. The Morgan fingerprint density at radius 1 is 1.67 bits per heavy atom. The van der Waals surface area contributed by atoms with Gasteiger partial charge in [-0.25, -0.2) is 4.79 Å². The van der Waals surface area contributed by atoms with Gasteiger partial charge in [0.25, 0.3) is 0 Å². The average molecular weight is 177 g/mol. The van der Waals surface area contributed by atoms with Gasteiger partial charge in [-0.3, -0.25) is 0 Å². The lowest BCUT2D eigenvalue weighted by atomic mass is 10.0. The fourth-order valence-corrected chi connectivity index (χ4v) is 0.764. The van der Waals surface area contributed by atoms with Crippen LogP contribution in [0.2, 0.25) is 0 Å². The highest BCUT2D eigenvalue weighted by Gasteiger charge is 2.34. The van der Waals surface area contributed by atoms with Crippen molar-refractivity contribution in [3.05, 3.63) is 0 Å². The van der Waals surface area contributed by atoms with Crippen molar-refractivity contribution < 1.29 is 19.4 Å². The zero-order valence-electron chi connectivity index (χ0n) is 7.53. The minimum absolute atomic E-state index is 0.135. The first-order chi connectivity index (χ1) is 5.43. The van der Waals surface area contributed by atoms with E-state index in [2.05, 4.69) is 4.74 Å². The number of carbonyl (C=O) groups excluding carboxylic acids is 1. The van der Waals surface area contributed by atoms with E-state index in [1.165, 1.54) is 21.0 Å². The lowest BCUT2D eigenvalue weighted by molar-refractivity contribution is -0.170. The third-order valence-corrected chi connectivity index (χ3v) is 1.32. The molecule has 12 heavy (non-hydrogen) atoms. The molecule has 0 bridgehead atoms. The summed E-state index contributed by atoms with van der Waals surface area (Å²) in [5, 5.41) is 9.43. The van der Waals surface area contributed by atoms with Crippen molar-refractivity contribution in [3.8, 4) is 0 Å². The molecule has 0 aliphatic rings. The molecule has 0 aliphatic heterocycles. The molecule has 0 aromatic heterocycles. The van der Waals surface area contributed by atoms with Crippen molar-refractivity contribution in [1.29, 1.82) is 0 Å². The van der Waals surface area contributed by atoms with Gasteiger partial charge in [-0.05, 0) is 13.8 Å². The Bertz CT molecular complexity index is 152. The quantitative estimate of drug-likeness (QED) is 0.435. The summed E-state index contributed by atoms with van der Waals surface area (Å²) in [5.41, 5.74) is 3.79. The summed E-state index contributed by atoms with van der Waals surface area (Å²) in [7, 11) is 1.22. The topological polar surface area (TPSA) is 81.8 Å². The van der Waals surface area contributed by atoms with Gasteiger partial charge in [0, 0.05) is 0 Å². The number of methoxy groups -OCH3 is 1. The molecule has 0 aromatic rings. The van der Waals surface area contributed by atoms with Gasteiger partial charge in [-0.15, -0.1) is 0 Å². The minimum atomic E-state index is -1.29. The van der Waals surface area contributed by atoms with E-state index in [1.54, 1.807) is 0 Å². The Morgan fingerprint density at radius 3 is 2.42 bits per heavy atom. The Labute approximate surface area is 71.5 Å². The Balaban J connectivity index is 4.33. The van der Waals surface area contributed by atoms with Crippen LogP contribution in [0, 0.1) is 0 Å². The van der Waals surface area contributed by atoms with Crippen LogP contribution in [0.3, 0.4) is 0 Å². The minimum Gasteiger partial charge on any atom is -0.467 e. The number of rotatable bonds is 4. The van der Waals surface area contributed by atoms with Crippen molar-refractivity contribution in [2.45, 2.75) is 25.6 Å². The van der Waals surface area contributed by atoms with Gasteiger partial charge in [-0.1, -0.05) is 0 Å². The summed E-state index contributed by atoms with van der Waals surface area (Å²) >= 11 is 0. The molecule has 0 unspecified atom stereocenters. The van der Waals surface area contributed by atoms with Crippen LogP contribution in [0.15, 0.2) is 0 Å². The summed E-state index contributed by atoms with van der Waals surface area (Å²) in [6, 6.07) is 0. The number of aliphatic hydroxyl groups is 1. The molecule has 0 rings (SSSR count). The molecule has 0 heterocycles. The van der Waals surface area contributed by atoms with Crippen LogP contribution in [0.5, 0.6) is 0 Å². The molecule has 0 spiro atoms. The molecule has 3 N–H and O–H groups in total. The maximum absolute atomic E-state index is 11.0. The molecule has 5 heteroatoms. The van der Waals surface area contributed by atoms with E-state index >= 15 is 0 Å². The summed E-state index contributed by atoms with van der Waals surface area (Å²) in [5.74, 6) is -0.632. The second-order valence-corrected chi connectivity index (χ2v) is 2.89. The van der Waals surface area contributed by atoms with Gasteiger partial charge >= 0.3 is 5.97 Å². The predicted octanol–water partition coefficient (Wildman–Crippen LogP) is -0.768. The molecule has 0 radical (unpaired) electrons. The molecular formula is C7H15NO4. The number of esters is 1. The van der Waals surface area contributed by atoms with Crippen LogP contribution in [0.4, 0.5) is 0 Å². The van der Waals surface area contributed by atoms with Gasteiger partial charge in [0.15, 0.2) is 6.10 Å².